The monoisotopic (exact) mass is 293 g/mol. The van der Waals surface area contributed by atoms with Gasteiger partial charge in [-0.25, -0.2) is 0 Å². The molecule has 2 fully saturated rings. The minimum Gasteiger partial charge on any atom is -0.379 e. The molecule has 3 rings (SSSR count). The summed E-state index contributed by atoms with van der Waals surface area (Å²) in [5, 5.41) is 3.97. The summed E-state index contributed by atoms with van der Waals surface area (Å²) in [4.78, 5) is 16.6. The molecule has 1 atom stereocenters. The van der Waals surface area contributed by atoms with Gasteiger partial charge in [0.25, 0.3) is 0 Å². The first kappa shape index (κ1) is 14.5. The van der Waals surface area contributed by atoms with Crippen LogP contribution >= 0.6 is 0 Å². The van der Waals surface area contributed by atoms with Crippen LogP contribution in [0.4, 0.5) is 0 Å². The Balaban J connectivity index is 1.75. The lowest BCUT2D eigenvalue weighted by Crippen LogP contribution is -2.39. The van der Waals surface area contributed by atoms with E-state index in [1.54, 1.807) is 0 Å². The highest BCUT2D eigenvalue weighted by Gasteiger charge is 2.45. The van der Waals surface area contributed by atoms with Crippen molar-refractivity contribution in [2.45, 2.75) is 26.8 Å². The van der Waals surface area contributed by atoms with Gasteiger partial charge in [-0.1, -0.05) is 5.16 Å². The second kappa shape index (κ2) is 5.42. The minimum atomic E-state index is -0.0681. The molecule has 0 bridgehead atoms. The second-order valence-corrected chi connectivity index (χ2v) is 6.52. The third-order valence-electron chi connectivity index (χ3n) is 4.57. The largest absolute Gasteiger partial charge is 0.379 e. The fourth-order valence-electron chi connectivity index (χ4n) is 3.45. The minimum absolute atomic E-state index is 0.0681. The van der Waals surface area contributed by atoms with E-state index in [1.807, 2.05) is 18.7 Å². The molecule has 6 heteroatoms. The molecule has 116 valence electrons. The van der Waals surface area contributed by atoms with Gasteiger partial charge >= 0.3 is 0 Å². The zero-order valence-electron chi connectivity index (χ0n) is 13.0. The molecule has 2 aliphatic rings. The van der Waals surface area contributed by atoms with E-state index in [9.17, 15) is 4.79 Å². The molecular weight excluding hydrogens is 270 g/mol. The number of carbonyl (C=O) groups excluding carboxylic acids is 1. The van der Waals surface area contributed by atoms with Gasteiger partial charge in [0.1, 0.15) is 5.76 Å². The van der Waals surface area contributed by atoms with Crippen LogP contribution in [0.3, 0.4) is 0 Å². The summed E-state index contributed by atoms with van der Waals surface area (Å²) in [5.74, 6) is 1.00. The van der Waals surface area contributed by atoms with Gasteiger partial charge in [-0.15, -0.1) is 0 Å². The van der Waals surface area contributed by atoms with Crippen LogP contribution in [0.25, 0.3) is 0 Å². The molecule has 2 aliphatic heterocycles. The number of likely N-dealkylation sites (N-methyl/N-ethyl adjacent to an activating group) is 1. The van der Waals surface area contributed by atoms with E-state index < -0.39 is 0 Å². The number of aromatic nitrogens is 1. The lowest BCUT2D eigenvalue weighted by molar-refractivity contribution is -0.128. The van der Waals surface area contributed by atoms with Crippen LogP contribution < -0.4 is 0 Å². The van der Waals surface area contributed by atoms with E-state index >= 15 is 0 Å². The zero-order chi connectivity index (χ0) is 15.0. The van der Waals surface area contributed by atoms with Crippen LogP contribution in [0, 0.1) is 19.3 Å². The first-order valence-electron chi connectivity index (χ1n) is 7.45. The number of aryl methyl sites for hydroxylation is 2. The highest BCUT2D eigenvalue weighted by atomic mass is 16.5. The fourth-order valence-corrected chi connectivity index (χ4v) is 3.45. The van der Waals surface area contributed by atoms with Gasteiger partial charge < -0.3 is 19.1 Å². The van der Waals surface area contributed by atoms with Gasteiger partial charge in [-0.05, 0) is 20.9 Å². The Kier molecular flexibility index (Phi) is 3.75. The predicted molar refractivity (Wildman–Crippen MR) is 76.8 cm³/mol. The van der Waals surface area contributed by atoms with Crippen molar-refractivity contribution >= 4 is 5.91 Å². The summed E-state index contributed by atoms with van der Waals surface area (Å²) >= 11 is 0. The summed E-state index contributed by atoms with van der Waals surface area (Å²) in [7, 11) is 2.10. The normalized spacial score (nSPS) is 27.6. The Morgan fingerprint density at radius 1 is 1.33 bits per heavy atom. The standard InChI is InChI=1S/C15H23N3O3/c1-11-13(12(2)21-16-11)7-18-9-15(6-14(18)19)8-17(3)4-5-20-10-15/h4-10H2,1-3H3/t15-/m0/s1. The van der Waals surface area contributed by atoms with Crippen LogP contribution in [0.5, 0.6) is 0 Å². The van der Waals surface area contributed by atoms with Gasteiger partial charge in [0, 0.05) is 37.0 Å². The molecule has 0 saturated carbocycles. The molecule has 21 heavy (non-hydrogen) atoms. The van der Waals surface area contributed by atoms with Crippen LogP contribution in [0.2, 0.25) is 0 Å². The number of rotatable bonds is 2. The van der Waals surface area contributed by atoms with Crippen molar-refractivity contribution in [1.82, 2.24) is 15.0 Å². The Hall–Kier alpha value is -1.40. The van der Waals surface area contributed by atoms with Gasteiger partial charge in [0.05, 0.1) is 25.5 Å². The summed E-state index contributed by atoms with van der Waals surface area (Å²) in [6.07, 6.45) is 0.570. The fraction of sp³-hybridized carbons (Fsp3) is 0.733. The molecule has 6 nitrogen and oxygen atoms in total. The first-order valence-corrected chi connectivity index (χ1v) is 7.45. The highest BCUT2D eigenvalue weighted by Crippen LogP contribution is 2.35. The molecule has 0 unspecified atom stereocenters. The maximum absolute atomic E-state index is 12.4. The topological polar surface area (TPSA) is 58.8 Å². The van der Waals surface area contributed by atoms with Crippen molar-refractivity contribution in [2.75, 3.05) is 39.9 Å². The van der Waals surface area contributed by atoms with Crippen molar-refractivity contribution in [1.29, 1.82) is 0 Å². The second-order valence-electron chi connectivity index (χ2n) is 6.52. The molecule has 0 aliphatic carbocycles. The van der Waals surface area contributed by atoms with Gasteiger partial charge in [-0.3, -0.25) is 4.79 Å². The quantitative estimate of drug-likeness (QED) is 0.813. The molecule has 1 amide bonds. The van der Waals surface area contributed by atoms with Crippen molar-refractivity contribution in [2.24, 2.45) is 5.41 Å². The Morgan fingerprint density at radius 2 is 2.14 bits per heavy atom. The van der Waals surface area contributed by atoms with Crippen LogP contribution in [0.15, 0.2) is 4.52 Å². The maximum atomic E-state index is 12.4. The van der Waals surface area contributed by atoms with E-state index in [1.165, 1.54) is 0 Å². The predicted octanol–water partition coefficient (Wildman–Crippen LogP) is 0.972. The Morgan fingerprint density at radius 3 is 2.86 bits per heavy atom. The van der Waals surface area contributed by atoms with E-state index in [-0.39, 0.29) is 11.3 Å². The number of hydrogen-bond acceptors (Lipinski definition) is 5. The Labute approximate surface area is 125 Å². The number of ether oxygens (including phenoxy) is 1. The molecule has 1 aromatic heterocycles. The third kappa shape index (κ3) is 2.82. The van der Waals surface area contributed by atoms with Crippen molar-refractivity contribution in [3.05, 3.63) is 17.0 Å². The number of hydrogen-bond donors (Lipinski definition) is 0. The summed E-state index contributed by atoms with van der Waals surface area (Å²) < 4.78 is 10.9. The van der Waals surface area contributed by atoms with Gasteiger partial charge in [-0.2, -0.15) is 0 Å². The highest BCUT2D eigenvalue weighted by molar-refractivity contribution is 5.79. The number of amides is 1. The van der Waals surface area contributed by atoms with E-state index in [0.717, 1.165) is 43.3 Å². The average molecular weight is 293 g/mol. The smallest absolute Gasteiger partial charge is 0.223 e. The summed E-state index contributed by atoms with van der Waals surface area (Å²) in [6, 6.07) is 0. The van der Waals surface area contributed by atoms with E-state index in [2.05, 4.69) is 17.1 Å². The van der Waals surface area contributed by atoms with E-state index in [0.29, 0.717) is 19.6 Å². The number of likely N-dealkylation sites (tertiary alicyclic amines) is 1. The average Bonchev–Trinajstić information content (AvgIpc) is 2.81. The number of carbonyl (C=O) groups is 1. The lowest BCUT2D eigenvalue weighted by atomic mass is 9.87. The first-order chi connectivity index (χ1) is 9.99. The van der Waals surface area contributed by atoms with Crippen molar-refractivity contribution in [3.8, 4) is 0 Å². The van der Waals surface area contributed by atoms with Crippen molar-refractivity contribution < 1.29 is 14.1 Å². The third-order valence-corrected chi connectivity index (χ3v) is 4.57. The Bertz CT molecular complexity index is 523. The molecule has 1 aromatic rings. The van der Waals surface area contributed by atoms with E-state index in [4.69, 9.17) is 9.26 Å². The molecule has 1 spiro atoms. The zero-order valence-corrected chi connectivity index (χ0v) is 13.0. The molecule has 0 N–H and O–H groups in total. The molecular formula is C15H23N3O3. The van der Waals surface area contributed by atoms with Crippen LogP contribution in [-0.2, 0) is 16.1 Å². The molecule has 0 radical (unpaired) electrons. The van der Waals surface area contributed by atoms with Crippen molar-refractivity contribution in [3.63, 3.8) is 0 Å². The molecule has 0 aromatic carbocycles. The van der Waals surface area contributed by atoms with Crippen LogP contribution in [-0.4, -0.2) is 60.8 Å². The molecule has 2 saturated heterocycles. The summed E-state index contributed by atoms with van der Waals surface area (Å²) in [6.45, 7) is 8.42. The SMILES string of the molecule is Cc1noc(C)c1CN1C[C@]2(COCCN(C)C2)CC1=O. The lowest BCUT2D eigenvalue weighted by Gasteiger charge is -2.29. The van der Waals surface area contributed by atoms with Crippen LogP contribution in [0.1, 0.15) is 23.4 Å². The van der Waals surface area contributed by atoms with Gasteiger partial charge in [0.2, 0.25) is 5.91 Å². The molecule has 3 heterocycles. The van der Waals surface area contributed by atoms with Gasteiger partial charge in [0.15, 0.2) is 0 Å². The summed E-state index contributed by atoms with van der Waals surface area (Å²) in [5.41, 5.74) is 1.83. The number of nitrogens with zero attached hydrogens (tertiary/aromatic N) is 3. The maximum Gasteiger partial charge on any atom is 0.223 e.